The first-order chi connectivity index (χ1) is 16.3. The second kappa shape index (κ2) is 10.4. The number of carbonyl (C=O) groups excluding carboxylic acids is 1. The number of sulfone groups is 1. The molecule has 10 heteroatoms. The van der Waals surface area contributed by atoms with E-state index < -0.39 is 21.5 Å². The normalized spacial score (nSPS) is 12.2. The molecule has 0 unspecified atom stereocenters. The number of aryl methyl sites for hydroxylation is 1. The van der Waals surface area contributed by atoms with E-state index in [0.717, 1.165) is 16.7 Å². The van der Waals surface area contributed by atoms with Crippen molar-refractivity contribution in [2.24, 2.45) is 4.99 Å². The Morgan fingerprint density at radius 3 is 2.46 bits per heavy atom. The summed E-state index contributed by atoms with van der Waals surface area (Å²) in [5.74, 6) is 0.157. The van der Waals surface area contributed by atoms with Crippen LogP contribution >= 0.6 is 23.1 Å². The Bertz CT molecular complexity index is 1390. The highest BCUT2D eigenvalue weighted by molar-refractivity contribution is 8.01. The lowest BCUT2D eigenvalue weighted by molar-refractivity contribution is 0.0565. The van der Waals surface area contributed by atoms with Gasteiger partial charge in [0, 0.05) is 0 Å². The van der Waals surface area contributed by atoms with Gasteiger partial charge in [-0.3, -0.25) is 5.32 Å². The van der Waals surface area contributed by atoms with E-state index in [4.69, 9.17) is 4.74 Å². The summed E-state index contributed by atoms with van der Waals surface area (Å²) in [5.41, 5.74) is 2.46. The van der Waals surface area contributed by atoms with Crippen LogP contribution in [0.15, 0.2) is 61.5 Å². The summed E-state index contributed by atoms with van der Waals surface area (Å²) in [6.07, 6.45) is 2.35. The van der Waals surface area contributed by atoms with Crippen molar-refractivity contribution in [3.8, 4) is 16.9 Å². The molecule has 1 heterocycles. The Labute approximate surface area is 214 Å². The monoisotopic (exact) mass is 532 g/mol. The fourth-order valence-corrected chi connectivity index (χ4v) is 7.54. The third kappa shape index (κ3) is 6.25. The quantitative estimate of drug-likeness (QED) is 0.214. The molecule has 3 aromatic rings. The van der Waals surface area contributed by atoms with Gasteiger partial charge in [0.25, 0.3) is 0 Å². The largest absolute Gasteiger partial charge is 0.508 e. The maximum absolute atomic E-state index is 13.7. The van der Waals surface area contributed by atoms with Crippen LogP contribution in [0.2, 0.25) is 0 Å². The number of hydrogen-bond donors (Lipinski definition) is 2. The molecular formula is C25H28N2O5S3. The molecular weight excluding hydrogens is 504 g/mol. The van der Waals surface area contributed by atoms with Gasteiger partial charge in [0.05, 0.1) is 20.3 Å². The Morgan fingerprint density at radius 2 is 1.83 bits per heavy atom. The number of nitrogens with zero attached hydrogens (tertiary/aromatic N) is 1. The van der Waals surface area contributed by atoms with E-state index in [0.29, 0.717) is 14.8 Å². The lowest BCUT2D eigenvalue weighted by Crippen LogP contribution is -2.31. The number of phenols is 1. The average Bonchev–Trinajstić information content (AvgIpc) is 3.17. The number of aromatic hydroxyl groups is 1. The maximum Gasteiger partial charge on any atom is 0.412 e. The summed E-state index contributed by atoms with van der Waals surface area (Å²) in [6, 6.07) is 11.7. The topological polar surface area (TPSA) is 105 Å². The first kappa shape index (κ1) is 26.8. The predicted octanol–water partition coefficient (Wildman–Crippen LogP) is 6.48. The minimum absolute atomic E-state index is 0.157. The van der Waals surface area contributed by atoms with Crippen molar-refractivity contribution in [3.63, 3.8) is 0 Å². The highest BCUT2D eigenvalue weighted by atomic mass is 32.2. The number of amides is 1. The molecule has 0 aliphatic carbocycles. The second-order valence-corrected chi connectivity index (χ2v) is 12.8. The summed E-state index contributed by atoms with van der Waals surface area (Å²) in [7, 11) is -3.85. The molecule has 1 aromatic heterocycles. The lowest BCUT2D eigenvalue weighted by Gasteiger charge is -2.18. The average molecular weight is 533 g/mol. The molecule has 0 spiro atoms. The van der Waals surface area contributed by atoms with Gasteiger partial charge in [-0.15, -0.1) is 23.1 Å². The van der Waals surface area contributed by atoms with Crippen LogP contribution in [0.3, 0.4) is 0 Å². The molecule has 0 saturated heterocycles. The summed E-state index contributed by atoms with van der Waals surface area (Å²) in [5, 5.41) is 12.6. The Morgan fingerprint density at radius 1 is 1.11 bits per heavy atom. The number of thiophene rings is 1. The minimum atomic E-state index is -3.85. The number of carbonyl (C=O) groups is 1. The van der Waals surface area contributed by atoms with Crippen LogP contribution in [0.4, 0.5) is 9.80 Å². The molecule has 7 nitrogen and oxygen atoms in total. The van der Waals surface area contributed by atoms with Crippen molar-refractivity contribution in [2.75, 3.05) is 6.26 Å². The summed E-state index contributed by atoms with van der Waals surface area (Å²) < 4.78 is 33.2. The molecule has 0 saturated carbocycles. The van der Waals surface area contributed by atoms with Crippen molar-refractivity contribution >= 4 is 50.4 Å². The zero-order valence-electron chi connectivity index (χ0n) is 20.4. The molecule has 0 bridgehead atoms. The van der Waals surface area contributed by atoms with Gasteiger partial charge in [-0.25, -0.2) is 18.2 Å². The number of hydrogen-bond acceptors (Lipinski definition) is 8. The SMILES string of the molecule is CSc1sc(N=CNC(=O)OC(C)(C)C)cc1S(=O)(=O)c1cccc(-c2ccc(O)cc2C)c1C. The van der Waals surface area contributed by atoms with Crippen molar-refractivity contribution in [1.29, 1.82) is 0 Å². The van der Waals surface area contributed by atoms with Crippen LogP contribution in [-0.2, 0) is 14.6 Å². The van der Waals surface area contributed by atoms with E-state index in [1.807, 2.05) is 13.0 Å². The third-order valence-corrected chi connectivity index (χ3v) is 9.33. The van der Waals surface area contributed by atoms with Crippen LogP contribution in [0.25, 0.3) is 11.1 Å². The Hall–Kier alpha value is -2.82. The highest BCUT2D eigenvalue weighted by Crippen LogP contribution is 2.42. The fraction of sp³-hybridized carbons (Fsp3) is 0.280. The summed E-state index contributed by atoms with van der Waals surface area (Å²) in [6.45, 7) is 8.92. The number of thioether (sulfide) groups is 1. The fourth-order valence-electron chi connectivity index (χ4n) is 3.46. The van der Waals surface area contributed by atoms with E-state index in [1.165, 1.54) is 35.5 Å². The molecule has 186 valence electrons. The third-order valence-electron chi connectivity index (χ3n) is 4.97. The van der Waals surface area contributed by atoms with Gasteiger partial charge in [-0.1, -0.05) is 18.2 Å². The van der Waals surface area contributed by atoms with Crippen molar-refractivity contribution in [3.05, 3.63) is 53.6 Å². The number of ether oxygens (including phenoxy) is 1. The highest BCUT2D eigenvalue weighted by Gasteiger charge is 2.27. The second-order valence-electron chi connectivity index (χ2n) is 8.78. The van der Waals surface area contributed by atoms with Crippen LogP contribution in [0.1, 0.15) is 31.9 Å². The van der Waals surface area contributed by atoms with Crippen molar-refractivity contribution in [2.45, 2.75) is 54.2 Å². The van der Waals surface area contributed by atoms with Gasteiger partial charge in [-0.05, 0) is 87.4 Å². The van der Waals surface area contributed by atoms with E-state index in [-0.39, 0.29) is 15.5 Å². The van der Waals surface area contributed by atoms with Gasteiger partial charge in [0.15, 0.2) is 0 Å². The number of nitrogens with one attached hydrogen (secondary N) is 1. The number of alkyl carbamates (subject to hydrolysis) is 1. The Balaban J connectivity index is 1.96. The maximum atomic E-state index is 13.7. The predicted molar refractivity (Wildman–Crippen MR) is 142 cm³/mol. The first-order valence-electron chi connectivity index (χ1n) is 10.7. The number of phenolic OH excluding ortho intramolecular Hbond substituents is 1. The van der Waals surface area contributed by atoms with Crippen LogP contribution in [-0.4, -0.2) is 37.8 Å². The van der Waals surface area contributed by atoms with E-state index >= 15 is 0 Å². The number of benzene rings is 2. The van der Waals surface area contributed by atoms with Crippen molar-refractivity contribution in [1.82, 2.24) is 5.32 Å². The van der Waals surface area contributed by atoms with Crippen LogP contribution in [0, 0.1) is 13.8 Å². The summed E-state index contributed by atoms with van der Waals surface area (Å²) >= 11 is 2.54. The van der Waals surface area contributed by atoms with Crippen LogP contribution < -0.4 is 5.32 Å². The molecule has 2 aromatic carbocycles. The number of aliphatic imine (C=N–C) groups is 1. The molecule has 3 rings (SSSR count). The molecule has 0 fully saturated rings. The van der Waals surface area contributed by atoms with Gasteiger partial charge in [0.2, 0.25) is 9.84 Å². The molecule has 0 atom stereocenters. The molecule has 0 aliphatic rings. The smallest absolute Gasteiger partial charge is 0.412 e. The summed E-state index contributed by atoms with van der Waals surface area (Å²) in [4.78, 5) is 16.4. The van der Waals surface area contributed by atoms with Gasteiger partial charge in [-0.2, -0.15) is 0 Å². The number of rotatable bonds is 6. The van der Waals surface area contributed by atoms with E-state index in [2.05, 4.69) is 10.3 Å². The molecule has 0 radical (unpaired) electrons. The zero-order valence-corrected chi connectivity index (χ0v) is 22.8. The van der Waals surface area contributed by atoms with Crippen molar-refractivity contribution < 1.29 is 23.1 Å². The van der Waals surface area contributed by atoms with Crippen LogP contribution in [0.5, 0.6) is 5.75 Å². The first-order valence-corrected chi connectivity index (χ1v) is 14.2. The van der Waals surface area contributed by atoms with Gasteiger partial charge in [0.1, 0.15) is 16.4 Å². The lowest BCUT2D eigenvalue weighted by atomic mass is 9.96. The molecule has 2 N–H and O–H groups in total. The van der Waals surface area contributed by atoms with Gasteiger partial charge < -0.3 is 9.84 Å². The van der Waals surface area contributed by atoms with Gasteiger partial charge >= 0.3 is 6.09 Å². The molecule has 35 heavy (non-hydrogen) atoms. The minimum Gasteiger partial charge on any atom is -0.508 e. The standard InChI is InChI=1S/C25H28N2O5S3/c1-15-12-17(28)10-11-18(15)19-8-7-9-20(16(19)2)35(30,31)21-13-22(34-23(21)33-6)26-14-27-24(29)32-25(3,4)5/h7-14,28H,1-6H3,(H,26,27,29). The van der Waals surface area contributed by atoms with E-state index in [9.17, 15) is 18.3 Å². The van der Waals surface area contributed by atoms with E-state index in [1.54, 1.807) is 64.3 Å². The zero-order chi connectivity index (χ0) is 26.0. The molecule has 0 aliphatic heterocycles. The Kier molecular flexibility index (Phi) is 7.98. The molecule has 1 amide bonds.